The molecule has 0 saturated heterocycles. The average Bonchev–Trinajstić information content (AvgIpc) is 3.10. The molecule has 0 radical (unpaired) electrons. The minimum atomic E-state index is -3.69. The number of hydrogen-bond donors (Lipinski definition) is 1. The van der Waals surface area contributed by atoms with Crippen molar-refractivity contribution in [2.75, 3.05) is 0 Å². The summed E-state index contributed by atoms with van der Waals surface area (Å²) in [6.07, 6.45) is 0.431. The molecule has 24 heavy (non-hydrogen) atoms. The standard InChI is InChI=1S/C19H21NO3S/c1-19(2)17(14-8-10-15(11-9-14)24(20,22)23)18(19)16(21)12-13-6-4-3-5-7-13/h3-11,17-18H,12H2,1-2H3,(H2,20,22,23)/t17-,18-/m1/s1. The first kappa shape index (κ1) is 16.9. The van der Waals surface area contributed by atoms with Crippen LogP contribution < -0.4 is 5.14 Å². The van der Waals surface area contributed by atoms with Crippen molar-refractivity contribution < 1.29 is 13.2 Å². The molecule has 1 fully saturated rings. The Morgan fingerprint density at radius 3 is 2.17 bits per heavy atom. The largest absolute Gasteiger partial charge is 0.299 e. The second-order valence-corrected chi connectivity index (χ2v) is 8.58. The highest BCUT2D eigenvalue weighted by molar-refractivity contribution is 7.89. The Bertz CT molecular complexity index is 855. The summed E-state index contributed by atoms with van der Waals surface area (Å²) >= 11 is 0. The van der Waals surface area contributed by atoms with Crippen LogP contribution >= 0.6 is 0 Å². The Hall–Kier alpha value is -1.98. The smallest absolute Gasteiger partial charge is 0.238 e. The number of benzene rings is 2. The van der Waals surface area contributed by atoms with Gasteiger partial charge >= 0.3 is 0 Å². The molecular formula is C19H21NO3S. The molecule has 1 aliphatic carbocycles. The number of sulfonamides is 1. The second kappa shape index (κ2) is 5.83. The van der Waals surface area contributed by atoms with Crippen LogP contribution in [-0.2, 0) is 21.2 Å². The first-order chi connectivity index (χ1) is 11.2. The van der Waals surface area contributed by atoms with Crippen LogP contribution in [-0.4, -0.2) is 14.2 Å². The predicted molar refractivity (Wildman–Crippen MR) is 93.0 cm³/mol. The molecule has 0 heterocycles. The molecule has 2 aromatic rings. The van der Waals surface area contributed by atoms with E-state index >= 15 is 0 Å². The molecule has 1 aliphatic rings. The summed E-state index contributed by atoms with van der Waals surface area (Å²) in [5.41, 5.74) is 1.89. The highest BCUT2D eigenvalue weighted by Gasteiger charge is 2.61. The Morgan fingerprint density at radius 2 is 1.62 bits per heavy atom. The first-order valence-corrected chi connectivity index (χ1v) is 9.45. The van der Waals surface area contributed by atoms with Gasteiger partial charge in [-0.15, -0.1) is 0 Å². The zero-order chi connectivity index (χ0) is 17.5. The van der Waals surface area contributed by atoms with Crippen molar-refractivity contribution in [1.82, 2.24) is 0 Å². The molecule has 5 heteroatoms. The quantitative estimate of drug-likeness (QED) is 0.907. The van der Waals surface area contributed by atoms with E-state index in [0.29, 0.717) is 6.42 Å². The molecule has 2 aromatic carbocycles. The Kier molecular flexibility index (Phi) is 4.10. The van der Waals surface area contributed by atoms with E-state index in [1.165, 1.54) is 12.1 Å². The van der Waals surface area contributed by atoms with Crippen LogP contribution in [0.2, 0.25) is 0 Å². The van der Waals surface area contributed by atoms with Crippen LogP contribution in [0.15, 0.2) is 59.5 Å². The Morgan fingerprint density at radius 1 is 1.04 bits per heavy atom. The molecule has 0 amide bonds. The van der Waals surface area contributed by atoms with Crippen LogP contribution in [0.3, 0.4) is 0 Å². The van der Waals surface area contributed by atoms with Gasteiger partial charge in [-0.25, -0.2) is 13.6 Å². The van der Waals surface area contributed by atoms with Crippen molar-refractivity contribution in [2.24, 2.45) is 16.5 Å². The summed E-state index contributed by atoms with van der Waals surface area (Å²) in [5, 5.41) is 5.13. The van der Waals surface area contributed by atoms with Crippen molar-refractivity contribution in [1.29, 1.82) is 0 Å². The van der Waals surface area contributed by atoms with Gasteiger partial charge in [0, 0.05) is 12.3 Å². The van der Waals surface area contributed by atoms with Crippen molar-refractivity contribution in [3.05, 3.63) is 65.7 Å². The molecule has 126 valence electrons. The van der Waals surface area contributed by atoms with Gasteiger partial charge in [0.1, 0.15) is 5.78 Å². The number of carbonyl (C=O) groups excluding carboxylic acids is 1. The summed E-state index contributed by atoms with van der Waals surface area (Å²) in [4.78, 5) is 12.8. The third-order valence-electron chi connectivity index (χ3n) is 4.96. The van der Waals surface area contributed by atoms with Gasteiger partial charge in [0.05, 0.1) is 4.90 Å². The van der Waals surface area contributed by atoms with Gasteiger partial charge in [0.15, 0.2) is 0 Å². The monoisotopic (exact) mass is 343 g/mol. The van der Waals surface area contributed by atoms with E-state index in [2.05, 4.69) is 13.8 Å². The van der Waals surface area contributed by atoms with E-state index in [1.54, 1.807) is 12.1 Å². The maximum atomic E-state index is 12.7. The lowest BCUT2D eigenvalue weighted by molar-refractivity contribution is -0.120. The molecule has 2 atom stereocenters. The zero-order valence-corrected chi connectivity index (χ0v) is 14.6. The first-order valence-electron chi connectivity index (χ1n) is 7.90. The minimum Gasteiger partial charge on any atom is -0.299 e. The number of hydrogen-bond acceptors (Lipinski definition) is 3. The summed E-state index contributed by atoms with van der Waals surface area (Å²) in [5.74, 6) is 0.299. The SMILES string of the molecule is CC1(C)[C@H](C(=O)Cc2ccccc2)[C@H]1c1ccc(S(N)(=O)=O)cc1. The maximum Gasteiger partial charge on any atom is 0.238 e. The van der Waals surface area contributed by atoms with E-state index in [0.717, 1.165) is 11.1 Å². The average molecular weight is 343 g/mol. The van der Waals surface area contributed by atoms with Crippen molar-refractivity contribution >= 4 is 15.8 Å². The molecular weight excluding hydrogens is 322 g/mol. The Balaban J connectivity index is 1.78. The topological polar surface area (TPSA) is 77.2 Å². The van der Waals surface area contributed by atoms with E-state index < -0.39 is 10.0 Å². The van der Waals surface area contributed by atoms with Gasteiger partial charge in [-0.3, -0.25) is 4.79 Å². The van der Waals surface area contributed by atoms with Crippen LogP contribution in [0.1, 0.15) is 30.9 Å². The van der Waals surface area contributed by atoms with E-state index in [9.17, 15) is 13.2 Å². The fourth-order valence-corrected chi connectivity index (χ4v) is 4.15. The molecule has 3 rings (SSSR count). The molecule has 2 N–H and O–H groups in total. The van der Waals surface area contributed by atoms with E-state index in [-0.39, 0.29) is 27.9 Å². The number of primary sulfonamides is 1. The normalized spacial score (nSPS) is 22.1. The molecule has 4 nitrogen and oxygen atoms in total. The zero-order valence-electron chi connectivity index (χ0n) is 13.8. The van der Waals surface area contributed by atoms with Crippen molar-refractivity contribution in [2.45, 2.75) is 31.1 Å². The van der Waals surface area contributed by atoms with E-state index in [4.69, 9.17) is 5.14 Å². The summed E-state index contributed by atoms with van der Waals surface area (Å²) < 4.78 is 22.7. The van der Waals surface area contributed by atoms with Crippen molar-refractivity contribution in [3.63, 3.8) is 0 Å². The summed E-state index contributed by atoms with van der Waals surface area (Å²) in [6.45, 7) is 4.16. The molecule has 0 aliphatic heterocycles. The summed E-state index contributed by atoms with van der Waals surface area (Å²) in [6, 6.07) is 16.3. The molecule has 1 saturated carbocycles. The number of nitrogens with two attached hydrogens (primary N) is 1. The summed E-state index contributed by atoms with van der Waals surface area (Å²) in [7, 11) is -3.69. The van der Waals surface area contributed by atoms with Crippen LogP contribution in [0.25, 0.3) is 0 Å². The predicted octanol–water partition coefficient (Wildman–Crippen LogP) is 2.89. The number of carbonyl (C=O) groups is 1. The fraction of sp³-hybridized carbons (Fsp3) is 0.316. The molecule has 0 aromatic heterocycles. The minimum absolute atomic E-state index is 0.0435. The molecule has 0 unspecified atom stereocenters. The lowest BCUT2D eigenvalue weighted by Gasteiger charge is -2.04. The lowest BCUT2D eigenvalue weighted by atomic mass is 10.0. The van der Waals surface area contributed by atoms with Gasteiger partial charge in [0.2, 0.25) is 10.0 Å². The number of ketones is 1. The van der Waals surface area contributed by atoms with Gasteiger partial charge in [0.25, 0.3) is 0 Å². The maximum absolute atomic E-state index is 12.7. The second-order valence-electron chi connectivity index (χ2n) is 7.02. The highest BCUT2D eigenvalue weighted by atomic mass is 32.2. The van der Waals surface area contributed by atoms with Gasteiger partial charge in [-0.05, 0) is 34.6 Å². The third-order valence-corrected chi connectivity index (χ3v) is 5.89. The van der Waals surface area contributed by atoms with Gasteiger partial charge < -0.3 is 0 Å². The van der Waals surface area contributed by atoms with Gasteiger partial charge in [-0.1, -0.05) is 56.3 Å². The third kappa shape index (κ3) is 3.14. The van der Waals surface area contributed by atoms with Crippen LogP contribution in [0.4, 0.5) is 0 Å². The van der Waals surface area contributed by atoms with E-state index in [1.807, 2.05) is 30.3 Å². The van der Waals surface area contributed by atoms with Crippen LogP contribution in [0.5, 0.6) is 0 Å². The number of rotatable bonds is 5. The van der Waals surface area contributed by atoms with Crippen LogP contribution in [0, 0.1) is 11.3 Å². The van der Waals surface area contributed by atoms with Crippen molar-refractivity contribution in [3.8, 4) is 0 Å². The highest BCUT2D eigenvalue weighted by Crippen LogP contribution is 2.64. The van der Waals surface area contributed by atoms with Gasteiger partial charge in [-0.2, -0.15) is 0 Å². The Labute approximate surface area is 142 Å². The molecule has 0 bridgehead atoms. The number of Topliss-reactive ketones (excluding diaryl/α,β-unsaturated/α-hetero) is 1. The molecule has 0 spiro atoms. The lowest BCUT2D eigenvalue weighted by Crippen LogP contribution is -2.12. The fourth-order valence-electron chi connectivity index (χ4n) is 3.63.